The molecule has 0 heterocycles. The van der Waals surface area contributed by atoms with Gasteiger partial charge in [0.1, 0.15) is 0 Å². The first-order valence-corrected chi connectivity index (χ1v) is 3.51. The number of hydrogen-bond acceptors (Lipinski definition) is 1. The van der Waals surface area contributed by atoms with Crippen molar-refractivity contribution in [2.24, 2.45) is 17.6 Å². The molecule has 0 aromatic heterocycles. The Hall–Kier alpha value is -0.0400. The summed E-state index contributed by atoms with van der Waals surface area (Å²) < 4.78 is 0. The SMILES string of the molecule is CC[C@H](N)C1C[C@@H]1C. The van der Waals surface area contributed by atoms with Crippen molar-refractivity contribution in [3.63, 3.8) is 0 Å². The Morgan fingerprint density at radius 1 is 1.75 bits per heavy atom. The summed E-state index contributed by atoms with van der Waals surface area (Å²) in [5.74, 6) is 1.78. The van der Waals surface area contributed by atoms with Crippen LogP contribution in [0.2, 0.25) is 0 Å². The minimum Gasteiger partial charge on any atom is -0.327 e. The largest absolute Gasteiger partial charge is 0.327 e. The predicted molar refractivity (Wildman–Crippen MR) is 35.5 cm³/mol. The molecule has 1 nitrogen and oxygen atoms in total. The second kappa shape index (κ2) is 2.06. The monoisotopic (exact) mass is 113 g/mol. The van der Waals surface area contributed by atoms with Crippen LogP contribution in [-0.4, -0.2) is 6.04 Å². The van der Waals surface area contributed by atoms with Gasteiger partial charge in [0.25, 0.3) is 0 Å². The molecule has 1 aliphatic carbocycles. The van der Waals surface area contributed by atoms with Crippen molar-refractivity contribution in [3.8, 4) is 0 Å². The van der Waals surface area contributed by atoms with Crippen LogP contribution < -0.4 is 5.73 Å². The van der Waals surface area contributed by atoms with Crippen molar-refractivity contribution in [2.75, 3.05) is 0 Å². The van der Waals surface area contributed by atoms with E-state index < -0.39 is 0 Å². The van der Waals surface area contributed by atoms with Crippen molar-refractivity contribution in [3.05, 3.63) is 0 Å². The van der Waals surface area contributed by atoms with E-state index in [2.05, 4.69) is 13.8 Å². The first-order chi connectivity index (χ1) is 3.75. The van der Waals surface area contributed by atoms with Gasteiger partial charge < -0.3 is 5.73 Å². The molecular formula is C7H15N. The van der Waals surface area contributed by atoms with Gasteiger partial charge in [0.05, 0.1) is 0 Å². The van der Waals surface area contributed by atoms with Gasteiger partial charge in [-0.15, -0.1) is 0 Å². The Kier molecular flexibility index (Phi) is 1.57. The molecule has 0 bridgehead atoms. The average Bonchev–Trinajstić information content (AvgIpc) is 2.45. The first kappa shape index (κ1) is 6.09. The van der Waals surface area contributed by atoms with Gasteiger partial charge in [0, 0.05) is 6.04 Å². The van der Waals surface area contributed by atoms with Gasteiger partial charge in [-0.1, -0.05) is 13.8 Å². The van der Waals surface area contributed by atoms with E-state index in [0.29, 0.717) is 6.04 Å². The van der Waals surface area contributed by atoms with Crippen molar-refractivity contribution in [2.45, 2.75) is 32.7 Å². The molecule has 0 aliphatic heterocycles. The summed E-state index contributed by atoms with van der Waals surface area (Å²) in [7, 11) is 0. The van der Waals surface area contributed by atoms with Gasteiger partial charge in [-0.3, -0.25) is 0 Å². The molecule has 0 aromatic carbocycles. The first-order valence-electron chi connectivity index (χ1n) is 3.51. The summed E-state index contributed by atoms with van der Waals surface area (Å²) in [6.07, 6.45) is 2.52. The lowest BCUT2D eigenvalue weighted by atomic mass is 10.1. The third-order valence-corrected chi connectivity index (χ3v) is 2.19. The smallest absolute Gasteiger partial charge is 0.00671 e. The quantitative estimate of drug-likeness (QED) is 0.575. The molecule has 0 spiro atoms. The van der Waals surface area contributed by atoms with E-state index in [0.717, 1.165) is 18.3 Å². The van der Waals surface area contributed by atoms with Gasteiger partial charge in [-0.25, -0.2) is 0 Å². The molecule has 2 N–H and O–H groups in total. The van der Waals surface area contributed by atoms with Crippen LogP contribution in [0.5, 0.6) is 0 Å². The Morgan fingerprint density at radius 2 is 2.25 bits per heavy atom. The molecule has 48 valence electrons. The van der Waals surface area contributed by atoms with Gasteiger partial charge >= 0.3 is 0 Å². The van der Waals surface area contributed by atoms with Crippen LogP contribution in [0.15, 0.2) is 0 Å². The van der Waals surface area contributed by atoms with E-state index in [9.17, 15) is 0 Å². The van der Waals surface area contributed by atoms with E-state index in [1.165, 1.54) is 6.42 Å². The highest BCUT2D eigenvalue weighted by atomic mass is 14.7. The van der Waals surface area contributed by atoms with Crippen LogP contribution in [0, 0.1) is 11.8 Å². The second-order valence-corrected chi connectivity index (χ2v) is 2.95. The lowest BCUT2D eigenvalue weighted by molar-refractivity contribution is 0.547. The molecule has 1 rings (SSSR count). The van der Waals surface area contributed by atoms with Crippen LogP contribution in [0.4, 0.5) is 0 Å². The molecule has 1 unspecified atom stereocenters. The maximum absolute atomic E-state index is 5.77. The highest BCUT2D eigenvalue weighted by Gasteiger charge is 2.36. The standard InChI is InChI=1S/C7H15N/c1-3-7(8)6-4-5(6)2/h5-7H,3-4,8H2,1-2H3/t5-,6?,7-/m0/s1. The van der Waals surface area contributed by atoms with Gasteiger partial charge in [0.15, 0.2) is 0 Å². The zero-order chi connectivity index (χ0) is 6.15. The Labute approximate surface area is 51.3 Å². The fraction of sp³-hybridized carbons (Fsp3) is 1.00. The molecular weight excluding hydrogens is 98.1 g/mol. The molecule has 3 atom stereocenters. The third-order valence-electron chi connectivity index (χ3n) is 2.19. The fourth-order valence-electron chi connectivity index (χ4n) is 1.25. The summed E-state index contributed by atoms with van der Waals surface area (Å²) in [6, 6.07) is 0.491. The Morgan fingerprint density at radius 3 is 2.38 bits per heavy atom. The van der Waals surface area contributed by atoms with Crippen LogP contribution in [0.1, 0.15) is 26.7 Å². The van der Waals surface area contributed by atoms with E-state index in [4.69, 9.17) is 5.73 Å². The lowest BCUT2D eigenvalue weighted by Crippen LogP contribution is -2.21. The molecule has 1 aliphatic rings. The van der Waals surface area contributed by atoms with Crippen LogP contribution >= 0.6 is 0 Å². The maximum Gasteiger partial charge on any atom is 0.00671 e. The number of hydrogen-bond donors (Lipinski definition) is 1. The van der Waals surface area contributed by atoms with Crippen molar-refractivity contribution < 1.29 is 0 Å². The van der Waals surface area contributed by atoms with E-state index in [1.807, 2.05) is 0 Å². The summed E-state index contributed by atoms with van der Waals surface area (Å²) >= 11 is 0. The summed E-state index contributed by atoms with van der Waals surface area (Å²) in [6.45, 7) is 4.44. The molecule has 0 radical (unpaired) electrons. The Bertz CT molecular complexity index is 78.5. The van der Waals surface area contributed by atoms with Gasteiger partial charge in [-0.05, 0) is 24.7 Å². The van der Waals surface area contributed by atoms with E-state index in [1.54, 1.807) is 0 Å². The minimum absolute atomic E-state index is 0.491. The predicted octanol–water partition coefficient (Wildman–Crippen LogP) is 1.38. The van der Waals surface area contributed by atoms with Crippen molar-refractivity contribution >= 4 is 0 Å². The topological polar surface area (TPSA) is 26.0 Å². The van der Waals surface area contributed by atoms with Crippen LogP contribution in [0.25, 0.3) is 0 Å². The zero-order valence-electron chi connectivity index (χ0n) is 5.72. The third kappa shape index (κ3) is 1.03. The Balaban J connectivity index is 2.18. The normalized spacial score (nSPS) is 39.4. The van der Waals surface area contributed by atoms with E-state index >= 15 is 0 Å². The minimum atomic E-state index is 0.491. The lowest BCUT2D eigenvalue weighted by Gasteiger charge is -2.04. The molecule has 1 saturated carbocycles. The molecule has 0 aromatic rings. The zero-order valence-corrected chi connectivity index (χ0v) is 5.72. The fourth-order valence-corrected chi connectivity index (χ4v) is 1.25. The van der Waals surface area contributed by atoms with Gasteiger partial charge in [0.2, 0.25) is 0 Å². The summed E-state index contributed by atoms with van der Waals surface area (Å²) in [5.41, 5.74) is 5.77. The van der Waals surface area contributed by atoms with Crippen LogP contribution in [0.3, 0.4) is 0 Å². The molecule has 0 saturated heterocycles. The van der Waals surface area contributed by atoms with Gasteiger partial charge in [-0.2, -0.15) is 0 Å². The summed E-state index contributed by atoms with van der Waals surface area (Å²) in [5, 5.41) is 0. The second-order valence-electron chi connectivity index (χ2n) is 2.95. The maximum atomic E-state index is 5.77. The molecule has 0 amide bonds. The molecule has 1 fully saturated rings. The summed E-state index contributed by atoms with van der Waals surface area (Å²) in [4.78, 5) is 0. The van der Waals surface area contributed by atoms with Crippen LogP contribution in [-0.2, 0) is 0 Å². The molecule has 8 heavy (non-hydrogen) atoms. The highest BCUT2D eigenvalue weighted by Crippen LogP contribution is 2.40. The average molecular weight is 113 g/mol. The highest BCUT2D eigenvalue weighted by molar-refractivity contribution is 4.89. The van der Waals surface area contributed by atoms with E-state index in [-0.39, 0.29) is 0 Å². The number of nitrogens with two attached hydrogens (primary N) is 1. The van der Waals surface area contributed by atoms with Crippen molar-refractivity contribution in [1.29, 1.82) is 0 Å². The van der Waals surface area contributed by atoms with Crippen molar-refractivity contribution in [1.82, 2.24) is 0 Å². The molecule has 1 heteroatoms. The number of rotatable bonds is 2.